The minimum atomic E-state index is -1.04. The maximum absolute atomic E-state index is 13.3. The van der Waals surface area contributed by atoms with E-state index in [4.69, 9.17) is 0 Å². The molecule has 102 valence electrons. The van der Waals surface area contributed by atoms with Gasteiger partial charge in [-0.1, -0.05) is 6.07 Å². The summed E-state index contributed by atoms with van der Waals surface area (Å²) in [5.41, 5.74) is -0.601. The van der Waals surface area contributed by atoms with Gasteiger partial charge in [0.25, 0.3) is 0 Å². The van der Waals surface area contributed by atoms with Crippen LogP contribution in [-0.2, 0) is 9.59 Å². The zero-order valence-corrected chi connectivity index (χ0v) is 10.1. The third-order valence-electron chi connectivity index (χ3n) is 2.80. The highest BCUT2D eigenvalue weighted by Crippen LogP contribution is 2.17. The number of carbonyl (C=O) groups excluding carboxylic acids is 2. The van der Waals surface area contributed by atoms with E-state index in [0.717, 1.165) is 12.1 Å². The van der Waals surface area contributed by atoms with Gasteiger partial charge in [0.1, 0.15) is 17.3 Å². The minimum absolute atomic E-state index is 0.395. The fraction of sp³-hybridized carbons (Fsp3) is 0.333. The summed E-state index contributed by atoms with van der Waals surface area (Å²) in [4.78, 5) is 24.8. The molecule has 0 aliphatic carbocycles. The molecule has 2 rings (SSSR count). The Kier molecular flexibility index (Phi) is 4.06. The summed E-state index contributed by atoms with van der Waals surface area (Å²) >= 11 is 0. The van der Waals surface area contributed by atoms with Crippen LogP contribution >= 0.6 is 0 Å². The molecular weight excluding hydrogens is 256 g/mol. The number of benzene rings is 1. The first-order valence-electron chi connectivity index (χ1n) is 5.84. The number of rotatable bonds is 1. The van der Waals surface area contributed by atoms with Crippen LogP contribution in [0.25, 0.3) is 0 Å². The van der Waals surface area contributed by atoms with Crippen LogP contribution in [0.2, 0.25) is 0 Å². The number of halogens is 2. The molecule has 1 aromatic carbocycles. The van der Waals surface area contributed by atoms with E-state index >= 15 is 0 Å². The lowest BCUT2D eigenvalue weighted by atomic mass is 10.2. The standard InChI is InChI=1S/C12H13F2N3O2/c13-8-2-1-3-9(14)10(8)16-11(18)12(19)17-6-4-15-5-7-17/h1-3,15H,4-7H2,(H,16,18). The Labute approximate surface area is 108 Å². The third-order valence-corrected chi connectivity index (χ3v) is 2.80. The molecule has 0 aromatic heterocycles. The highest BCUT2D eigenvalue weighted by atomic mass is 19.1. The maximum Gasteiger partial charge on any atom is 0.314 e. The van der Waals surface area contributed by atoms with E-state index in [1.165, 1.54) is 11.0 Å². The van der Waals surface area contributed by atoms with E-state index in [9.17, 15) is 18.4 Å². The fourth-order valence-corrected chi connectivity index (χ4v) is 1.80. The van der Waals surface area contributed by atoms with Crippen LogP contribution in [0.1, 0.15) is 0 Å². The molecule has 0 bridgehead atoms. The second-order valence-corrected chi connectivity index (χ2v) is 4.09. The smallest absolute Gasteiger partial charge is 0.314 e. The first kappa shape index (κ1) is 13.4. The average Bonchev–Trinajstić information content (AvgIpc) is 2.43. The number of hydrogen-bond donors (Lipinski definition) is 2. The van der Waals surface area contributed by atoms with E-state index < -0.39 is 29.1 Å². The van der Waals surface area contributed by atoms with Crippen molar-refractivity contribution >= 4 is 17.5 Å². The van der Waals surface area contributed by atoms with Crippen LogP contribution in [0.4, 0.5) is 14.5 Å². The predicted molar refractivity (Wildman–Crippen MR) is 64.4 cm³/mol. The molecule has 19 heavy (non-hydrogen) atoms. The van der Waals surface area contributed by atoms with E-state index in [1.54, 1.807) is 0 Å². The number of nitrogens with zero attached hydrogens (tertiary/aromatic N) is 1. The molecule has 2 N–H and O–H groups in total. The van der Waals surface area contributed by atoms with Gasteiger partial charge in [0.15, 0.2) is 0 Å². The number of hydrogen-bond acceptors (Lipinski definition) is 3. The summed E-state index contributed by atoms with van der Waals surface area (Å²) in [7, 11) is 0. The van der Waals surface area contributed by atoms with Crippen molar-refractivity contribution in [3.8, 4) is 0 Å². The van der Waals surface area contributed by atoms with E-state index in [0.29, 0.717) is 26.2 Å². The zero-order valence-electron chi connectivity index (χ0n) is 10.1. The van der Waals surface area contributed by atoms with E-state index in [-0.39, 0.29) is 0 Å². The molecule has 0 unspecified atom stereocenters. The van der Waals surface area contributed by atoms with Gasteiger partial charge in [-0.15, -0.1) is 0 Å². The minimum Gasteiger partial charge on any atom is -0.332 e. The number of para-hydroxylation sites is 1. The summed E-state index contributed by atoms with van der Waals surface area (Å²) in [5.74, 6) is -3.65. The molecule has 1 saturated heterocycles. The molecule has 0 spiro atoms. The summed E-state index contributed by atoms with van der Waals surface area (Å²) in [6, 6.07) is 3.19. The van der Waals surface area contributed by atoms with Crippen LogP contribution in [0.3, 0.4) is 0 Å². The molecule has 1 aliphatic heterocycles. The second-order valence-electron chi connectivity index (χ2n) is 4.09. The van der Waals surface area contributed by atoms with Crippen LogP contribution in [0.15, 0.2) is 18.2 Å². The number of nitrogens with one attached hydrogen (secondary N) is 2. The number of carbonyl (C=O) groups is 2. The highest BCUT2D eigenvalue weighted by molar-refractivity contribution is 6.39. The second kappa shape index (κ2) is 5.75. The molecule has 1 aromatic rings. The molecular formula is C12H13F2N3O2. The number of anilines is 1. The molecule has 0 radical (unpaired) electrons. The Balaban J connectivity index is 2.06. The first-order chi connectivity index (χ1) is 9.09. The molecule has 1 aliphatic rings. The van der Waals surface area contributed by atoms with Crippen LogP contribution < -0.4 is 10.6 Å². The normalized spacial score (nSPS) is 15.2. The van der Waals surface area contributed by atoms with Gasteiger partial charge in [-0.3, -0.25) is 9.59 Å². The van der Waals surface area contributed by atoms with Gasteiger partial charge in [0.2, 0.25) is 0 Å². The van der Waals surface area contributed by atoms with Gasteiger partial charge >= 0.3 is 11.8 Å². The molecule has 7 heteroatoms. The Morgan fingerprint density at radius 2 is 1.74 bits per heavy atom. The lowest BCUT2D eigenvalue weighted by Gasteiger charge is -2.26. The molecule has 0 atom stereocenters. The molecule has 0 saturated carbocycles. The summed E-state index contributed by atoms with van der Waals surface area (Å²) in [6.07, 6.45) is 0. The summed E-state index contributed by atoms with van der Waals surface area (Å²) in [6.45, 7) is 1.97. The van der Waals surface area contributed by atoms with Crippen LogP contribution in [0.5, 0.6) is 0 Å². The monoisotopic (exact) mass is 269 g/mol. The van der Waals surface area contributed by atoms with Crippen molar-refractivity contribution in [1.29, 1.82) is 0 Å². The Bertz CT molecular complexity index is 481. The van der Waals surface area contributed by atoms with Crippen molar-refractivity contribution in [3.63, 3.8) is 0 Å². The Morgan fingerprint density at radius 1 is 1.16 bits per heavy atom. The topological polar surface area (TPSA) is 61.4 Å². The zero-order chi connectivity index (χ0) is 13.8. The quantitative estimate of drug-likeness (QED) is 0.723. The molecule has 5 nitrogen and oxygen atoms in total. The third kappa shape index (κ3) is 3.05. The molecule has 1 fully saturated rings. The molecule has 2 amide bonds. The van der Waals surface area contributed by atoms with Crippen LogP contribution in [-0.4, -0.2) is 42.9 Å². The van der Waals surface area contributed by atoms with Crippen molar-refractivity contribution in [2.45, 2.75) is 0 Å². The lowest BCUT2D eigenvalue weighted by Crippen LogP contribution is -2.50. The van der Waals surface area contributed by atoms with Gasteiger partial charge < -0.3 is 15.5 Å². The van der Waals surface area contributed by atoms with Gasteiger partial charge in [-0.25, -0.2) is 8.78 Å². The summed E-state index contributed by atoms with van der Waals surface area (Å²) < 4.78 is 26.7. The number of piperazine rings is 1. The Morgan fingerprint density at radius 3 is 2.32 bits per heavy atom. The van der Waals surface area contributed by atoms with Gasteiger partial charge in [-0.2, -0.15) is 0 Å². The van der Waals surface area contributed by atoms with E-state index in [2.05, 4.69) is 5.32 Å². The van der Waals surface area contributed by atoms with Gasteiger partial charge in [-0.05, 0) is 12.1 Å². The van der Waals surface area contributed by atoms with Crippen molar-refractivity contribution < 1.29 is 18.4 Å². The van der Waals surface area contributed by atoms with Crippen LogP contribution in [0, 0.1) is 11.6 Å². The fourth-order valence-electron chi connectivity index (χ4n) is 1.80. The number of amides is 2. The average molecular weight is 269 g/mol. The molecule has 1 heterocycles. The van der Waals surface area contributed by atoms with Gasteiger partial charge in [0.05, 0.1) is 0 Å². The van der Waals surface area contributed by atoms with Gasteiger partial charge in [0, 0.05) is 26.2 Å². The highest BCUT2D eigenvalue weighted by Gasteiger charge is 2.24. The first-order valence-corrected chi connectivity index (χ1v) is 5.84. The van der Waals surface area contributed by atoms with Crippen molar-refractivity contribution in [3.05, 3.63) is 29.8 Å². The largest absolute Gasteiger partial charge is 0.332 e. The van der Waals surface area contributed by atoms with Crippen molar-refractivity contribution in [1.82, 2.24) is 10.2 Å². The van der Waals surface area contributed by atoms with Crippen molar-refractivity contribution in [2.75, 3.05) is 31.5 Å². The maximum atomic E-state index is 13.3. The summed E-state index contributed by atoms with van der Waals surface area (Å²) in [5, 5.41) is 5.01. The van der Waals surface area contributed by atoms with E-state index in [1.807, 2.05) is 5.32 Å². The van der Waals surface area contributed by atoms with Crippen molar-refractivity contribution in [2.24, 2.45) is 0 Å². The lowest BCUT2D eigenvalue weighted by molar-refractivity contribution is -0.143. The predicted octanol–water partition coefficient (Wildman–Crippen LogP) is 0.335. The Hall–Kier alpha value is -2.02. The SMILES string of the molecule is O=C(Nc1c(F)cccc1F)C(=O)N1CCNCC1.